The second-order valence-corrected chi connectivity index (χ2v) is 3.92. The summed E-state index contributed by atoms with van der Waals surface area (Å²) in [7, 11) is 0. The van der Waals surface area contributed by atoms with Gasteiger partial charge < -0.3 is 9.73 Å². The Morgan fingerprint density at radius 1 is 1.56 bits per heavy atom. The maximum absolute atomic E-state index is 10.4. The maximum atomic E-state index is 10.4. The third-order valence-electron chi connectivity index (χ3n) is 2.44. The Morgan fingerprint density at radius 2 is 2.31 bits per heavy atom. The predicted octanol–water partition coefficient (Wildman–Crippen LogP) is 2.86. The number of hydrogen-bond donors (Lipinski definition) is 1. The Morgan fingerprint density at radius 3 is 2.88 bits per heavy atom. The van der Waals surface area contributed by atoms with Gasteiger partial charge in [0, 0.05) is 6.04 Å². The summed E-state index contributed by atoms with van der Waals surface area (Å²) in [5.74, 6) is 0.410. The molecule has 0 radical (unpaired) electrons. The Balaban J connectivity index is 2.33. The quantitative estimate of drug-likeness (QED) is 0.573. The van der Waals surface area contributed by atoms with Crippen LogP contribution in [0.15, 0.2) is 16.5 Å². The van der Waals surface area contributed by atoms with Crippen molar-refractivity contribution >= 4 is 5.88 Å². The van der Waals surface area contributed by atoms with E-state index in [2.05, 4.69) is 19.2 Å². The Hall–Kier alpha value is -1.36. The third-order valence-corrected chi connectivity index (χ3v) is 2.44. The first kappa shape index (κ1) is 12.7. The second kappa shape index (κ2) is 6.27. The molecule has 1 N–H and O–H groups in total. The van der Waals surface area contributed by atoms with Gasteiger partial charge in [-0.3, -0.25) is 10.1 Å². The lowest BCUT2D eigenvalue weighted by molar-refractivity contribution is -0.402. The minimum absolute atomic E-state index is 0.196. The predicted molar refractivity (Wildman–Crippen MR) is 61.2 cm³/mol. The molecule has 0 aliphatic rings. The van der Waals surface area contributed by atoms with Gasteiger partial charge >= 0.3 is 5.88 Å². The number of hydrogen-bond acceptors (Lipinski definition) is 4. The monoisotopic (exact) mass is 226 g/mol. The van der Waals surface area contributed by atoms with Gasteiger partial charge in [-0.1, -0.05) is 19.8 Å². The molecular formula is C11H18N2O3. The standard InChI is InChI=1S/C11H18N2O3/c1-3-4-5-9(2)12-8-10-6-7-11(16-10)13(14)15/h6-7,9,12H,3-5,8H2,1-2H3. The van der Waals surface area contributed by atoms with E-state index in [9.17, 15) is 10.1 Å². The number of nitrogens with one attached hydrogen (secondary N) is 1. The van der Waals surface area contributed by atoms with Crippen molar-refractivity contribution < 1.29 is 9.34 Å². The fourth-order valence-electron chi connectivity index (χ4n) is 1.45. The van der Waals surface area contributed by atoms with Gasteiger partial charge in [0.2, 0.25) is 0 Å². The lowest BCUT2D eigenvalue weighted by Gasteiger charge is -2.11. The lowest BCUT2D eigenvalue weighted by atomic mass is 10.1. The van der Waals surface area contributed by atoms with E-state index in [1.807, 2.05) is 0 Å². The zero-order chi connectivity index (χ0) is 12.0. The van der Waals surface area contributed by atoms with Crippen molar-refractivity contribution in [2.24, 2.45) is 0 Å². The fraction of sp³-hybridized carbons (Fsp3) is 0.636. The fourth-order valence-corrected chi connectivity index (χ4v) is 1.45. The zero-order valence-electron chi connectivity index (χ0n) is 9.73. The molecule has 5 heteroatoms. The van der Waals surface area contributed by atoms with Crippen molar-refractivity contribution in [3.05, 3.63) is 28.0 Å². The van der Waals surface area contributed by atoms with Gasteiger partial charge in [-0.25, -0.2) is 0 Å². The van der Waals surface area contributed by atoms with Gasteiger partial charge in [0.1, 0.15) is 10.7 Å². The van der Waals surface area contributed by atoms with Crippen LogP contribution in [0.2, 0.25) is 0 Å². The average Bonchev–Trinajstić information content (AvgIpc) is 2.72. The van der Waals surface area contributed by atoms with Crippen molar-refractivity contribution in [2.75, 3.05) is 0 Å². The summed E-state index contributed by atoms with van der Waals surface area (Å²) in [5, 5.41) is 13.7. The van der Waals surface area contributed by atoms with Gasteiger partial charge in [0.25, 0.3) is 0 Å². The zero-order valence-corrected chi connectivity index (χ0v) is 9.73. The van der Waals surface area contributed by atoms with E-state index in [-0.39, 0.29) is 5.88 Å². The van der Waals surface area contributed by atoms with Crippen LogP contribution in [0.1, 0.15) is 38.9 Å². The molecule has 16 heavy (non-hydrogen) atoms. The minimum Gasteiger partial charge on any atom is -0.404 e. The average molecular weight is 226 g/mol. The number of nitro groups is 1. The Bertz CT molecular complexity index is 336. The SMILES string of the molecule is CCCCC(C)NCc1ccc([N+](=O)[O-])o1. The molecule has 1 aromatic heterocycles. The molecular weight excluding hydrogens is 208 g/mol. The van der Waals surface area contributed by atoms with Crippen LogP contribution in [0.4, 0.5) is 5.88 Å². The van der Waals surface area contributed by atoms with E-state index >= 15 is 0 Å². The molecule has 0 aliphatic heterocycles. The summed E-state index contributed by atoms with van der Waals surface area (Å²) in [6.45, 7) is 4.80. The number of rotatable bonds is 7. The molecule has 5 nitrogen and oxygen atoms in total. The Kier molecular flexibility index (Phi) is 4.98. The van der Waals surface area contributed by atoms with Crippen LogP contribution in [0.3, 0.4) is 0 Å². The summed E-state index contributed by atoms with van der Waals surface area (Å²) >= 11 is 0. The van der Waals surface area contributed by atoms with E-state index in [4.69, 9.17) is 4.42 Å². The molecule has 0 saturated carbocycles. The van der Waals surface area contributed by atoms with Crippen molar-refractivity contribution in [1.29, 1.82) is 0 Å². The van der Waals surface area contributed by atoms with E-state index in [0.717, 1.165) is 6.42 Å². The van der Waals surface area contributed by atoms with Gasteiger partial charge in [0.15, 0.2) is 0 Å². The maximum Gasteiger partial charge on any atom is 0.433 e. The van der Waals surface area contributed by atoms with E-state index in [0.29, 0.717) is 18.3 Å². The number of unbranched alkanes of at least 4 members (excludes halogenated alkanes) is 1. The van der Waals surface area contributed by atoms with E-state index in [1.54, 1.807) is 6.07 Å². The van der Waals surface area contributed by atoms with Crippen LogP contribution in [-0.2, 0) is 6.54 Å². The molecule has 1 unspecified atom stereocenters. The van der Waals surface area contributed by atoms with Gasteiger partial charge in [-0.2, -0.15) is 0 Å². The third kappa shape index (κ3) is 4.02. The molecule has 0 spiro atoms. The summed E-state index contributed by atoms with van der Waals surface area (Å²) in [4.78, 5) is 9.86. The lowest BCUT2D eigenvalue weighted by Crippen LogP contribution is -2.24. The van der Waals surface area contributed by atoms with Crippen LogP contribution >= 0.6 is 0 Å². The number of furan rings is 1. The highest BCUT2D eigenvalue weighted by molar-refractivity contribution is 5.17. The van der Waals surface area contributed by atoms with E-state index in [1.165, 1.54) is 18.9 Å². The van der Waals surface area contributed by atoms with Gasteiger partial charge in [0.05, 0.1) is 12.6 Å². The second-order valence-electron chi connectivity index (χ2n) is 3.92. The first-order valence-electron chi connectivity index (χ1n) is 5.60. The minimum atomic E-state index is -0.524. The van der Waals surface area contributed by atoms with Crippen LogP contribution < -0.4 is 5.32 Å². The molecule has 0 fully saturated rings. The van der Waals surface area contributed by atoms with Gasteiger partial charge in [-0.15, -0.1) is 0 Å². The molecule has 90 valence electrons. The highest BCUT2D eigenvalue weighted by atomic mass is 16.6. The van der Waals surface area contributed by atoms with Crippen LogP contribution in [0.25, 0.3) is 0 Å². The summed E-state index contributed by atoms with van der Waals surface area (Å²) in [5.41, 5.74) is 0. The molecule has 1 rings (SSSR count). The largest absolute Gasteiger partial charge is 0.433 e. The van der Waals surface area contributed by atoms with Gasteiger partial charge in [-0.05, 0) is 19.4 Å². The first-order chi connectivity index (χ1) is 7.63. The van der Waals surface area contributed by atoms with Crippen LogP contribution in [-0.4, -0.2) is 11.0 Å². The molecule has 0 bridgehead atoms. The topological polar surface area (TPSA) is 68.3 Å². The molecule has 0 amide bonds. The highest BCUT2D eigenvalue weighted by Crippen LogP contribution is 2.15. The van der Waals surface area contributed by atoms with Crippen molar-refractivity contribution in [3.63, 3.8) is 0 Å². The van der Waals surface area contributed by atoms with Crippen molar-refractivity contribution in [2.45, 2.75) is 45.7 Å². The molecule has 0 aromatic carbocycles. The first-order valence-corrected chi connectivity index (χ1v) is 5.60. The molecule has 0 saturated heterocycles. The normalized spacial score (nSPS) is 12.6. The van der Waals surface area contributed by atoms with Crippen LogP contribution in [0, 0.1) is 10.1 Å². The van der Waals surface area contributed by atoms with Crippen LogP contribution in [0.5, 0.6) is 0 Å². The Labute approximate surface area is 95.0 Å². The molecule has 1 heterocycles. The molecule has 1 atom stereocenters. The summed E-state index contributed by atoms with van der Waals surface area (Å²) in [6, 6.07) is 3.43. The summed E-state index contributed by atoms with van der Waals surface area (Å²) in [6.07, 6.45) is 3.48. The summed E-state index contributed by atoms with van der Waals surface area (Å²) < 4.78 is 5.04. The smallest absolute Gasteiger partial charge is 0.404 e. The van der Waals surface area contributed by atoms with E-state index < -0.39 is 4.92 Å². The molecule has 1 aromatic rings. The highest BCUT2D eigenvalue weighted by Gasteiger charge is 2.11. The van der Waals surface area contributed by atoms with Crippen molar-refractivity contribution in [3.8, 4) is 0 Å². The molecule has 0 aliphatic carbocycles. The number of nitrogens with zero attached hydrogens (tertiary/aromatic N) is 1. The van der Waals surface area contributed by atoms with Crippen molar-refractivity contribution in [1.82, 2.24) is 5.32 Å².